The van der Waals surface area contributed by atoms with Crippen LogP contribution in [0, 0.1) is 24.0 Å². The summed E-state index contributed by atoms with van der Waals surface area (Å²) in [7, 11) is 0. The molecule has 0 N–H and O–H groups in total. The summed E-state index contributed by atoms with van der Waals surface area (Å²) < 4.78 is 10.6. The van der Waals surface area contributed by atoms with Crippen LogP contribution in [0.25, 0.3) is 11.5 Å². The maximum Gasteiger partial charge on any atom is 0.338 e. The van der Waals surface area contributed by atoms with Crippen molar-refractivity contribution in [1.82, 2.24) is 10.2 Å². The quantitative estimate of drug-likeness (QED) is 0.391. The summed E-state index contributed by atoms with van der Waals surface area (Å²) in [5.74, 6) is -0.127. The van der Waals surface area contributed by atoms with Gasteiger partial charge in [0.05, 0.1) is 10.5 Å². The zero-order valence-corrected chi connectivity index (χ0v) is 14.1. The number of aryl methyl sites for hydroxylation is 2. The van der Waals surface area contributed by atoms with Gasteiger partial charge >= 0.3 is 5.97 Å². The summed E-state index contributed by atoms with van der Waals surface area (Å²) in [4.78, 5) is 22.4. The fourth-order valence-electron chi connectivity index (χ4n) is 2.40. The average Bonchev–Trinajstić information content (AvgIpc) is 3.08. The van der Waals surface area contributed by atoms with E-state index < -0.39 is 10.9 Å². The van der Waals surface area contributed by atoms with Crippen LogP contribution in [0.4, 0.5) is 5.69 Å². The Morgan fingerprint density at radius 2 is 2.00 bits per heavy atom. The summed E-state index contributed by atoms with van der Waals surface area (Å²) in [5, 5.41) is 18.6. The third-order valence-corrected chi connectivity index (χ3v) is 3.69. The van der Waals surface area contributed by atoms with Gasteiger partial charge in [0.2, 0.25) is 5.89 Å². The molecule has 1 aromatic heterocycles. The fraction of sp³-hybridized carbons (Fsp3) is 0.167. The number of nitrogens with zero attached hydrogens (tertiary/aromatic N) is 3. The number of rotatable bonds is 5. The number of carbonyl (C=O) groups is 1. The first-order valence-electron chi connectivity index (χ1n) is 7.75. The molecule has 0 aliphatic carbocycles. The molecule has 8 heteroatoms. The van der Waals surface area contributed by atoms with Gasteiger partial charge in [-0.25, -0.2) is 4.79 Å². The lowest BCUT2D eigenvalue weighted by Crippen LogP contribution is -2.06. The normalized spacial score (nSPS) is 10.5. The SMILES string of the molecule is Cc1cccc(-c2nnc(COC(=O)c3ccc([N+](=O)[O-])c(C)c3)o2)c1. The Morgan fingerprint density at radius 3 is 2.69 bits per heavy atom. The molecule has 3 rings (SSSR count). The Bertz CT molecular complexity index is 980. The van der Waals surface area contributed by atoms with Crippen LogP contribution in [0.2, 0.25) is 0 Å². The molecule has 1 heterocycles. The Hall–Kier alpha value is -3.55. The van der Waals surface area contributed by atoms with E-state index in [0.29, 0.717) is 11.5 Å². The third-order valence-electron chi connectivity index (χ3n) is 3.69. The van der Waals surface area contributed by atoms with E-state index in [1.807, 2.05) is 31.2 Å². The molecule has 0 radical (unpaired) electrons. The van der Waals surface area contributed by atoms with Crippen molar-refractivity contribution >= 4 is 11.7 Å². The molecule has 0 fully saturated rings. The average molecular weight is 353 g/mol. The number of carbonyl (C=O) groups excluding carboxylic acids is 1. The summed E-state index contributed by atoms with van der Waals surface area (Å²) in [5.41, 5.74) is 2.38. The van der Waals surface area contributed by atoms with E-state index in [-0.39, 0.29) is 23.7 Å². The maximum atomic E-state index is 12.1. The van der Waals surface area contributed by atoms with Crippen LogP contribution in [-0.4, -0.2) is 21.1 Å². The lowest BCUT2D eigenvalue weighted by atomic mass is 10.1. The topological polar surface area (TPSA) is 108 Å². The highest BCUT2D eigenvalue weighted by Crippen LogP contribution is 2.21. The van der Waals surface area contributed by atoms with Crippen molar-refractivity contribution in [1.29, 1.82) is 0 Å². The molecule has 132 valence electrons. The molecule has 0 aliphatic heterocycles. The molecule has 8 nitrogen and oxygen atoms in total. The lowest BCUT2D eigenvalue weighted by Gasteiger charge is -2.03. The molecule has 26 heavy (non-hydrogen) atoms. The van der Waals surface area contributed by atoms with Gasteiger partial charge in [-0.2, -0.15) is 0 Å². The van der Waals surface area contributed by atoms with E-state index in [1.54, 1.807) is 6.92 Å². The highest BCUT2D eigenvalue weighted by atomic mass is 16.6. The van der Waals surface area contributed by atoms with Crippen LogP contribution >= 0.6 is 0 Å². The molecule has 0 spiro atoms. The van der Waals surface area contributed by atoms with Gasteiger partial charge in [-0.1, -0.05) is 17.7 Å². The van der Waals surface area contributed by atoms with Gasteiger partial charge in [-0.3, -0.25) is 10.1 Å². The minimum absolute atomic E-state index is 0.0544. The van der Waals surface area contributed by atoms with Crippen LogP contribution in [0.1, 0.15) is 27.4 Å². The Kier molecular flexibility index (Phi) is 4.74. The number of ether oxygens (including phenoxy) is 1. The minimum Gasteiger partial charge on any atom is -0.452 e. The number of hydrogen-bond acceptors (Lipinski definition) is 7. The zero-order chi connectivity index (χ0) is 18.7. The van der Waals surface area contributed by atoms with Crippen molar-refractivity contribution in [3.63, 3.8) is 0 Å². The van der Waals surface area contributed by atoms with Gasteiger partial charge < -0.3 is 9.15 Å². The van der Waals surface area contributed by atoms with Crippen LogP contribution < -0.4 is 0 Å². The van der Waals surface area contributed by atoms with Gasteiger partial charge in [0.1, 0.15) is 0 Å². The molecule has 0 amide bonds. The second-order valence-electron chi connectivity index (χ2n) is 5.70. The second-order valence-corrected chi connectivity index (χ2v) is 5.70. The van der Waals surface area contributed by atoms with E-state index in [4.69, 9.17) is 9.15 Å². The third kappa shape index (κ3) is 3.75. The smallest absolute Gasteiger partial charge is 0.338 e. The predicted molar refractivity (Wildman–Crippen MR) is 91.4 cm³/mol. The first-order chi connectivity index (χ1) is 12.4. The number of nitro benzene ring substituents is 1. The van der Waals surface area contributed by atoms with Crippen LogP contribution in [0.15, 0.2) is 46.9 Å². The number of nitro groups is 1. The largest absolute Gasteiger partial charge is 0.452 e. The van der Waals surface area contributed by atoms with Crippen LogP contribution in [-0.2, 0) is 11.3 Å². The first-order valence-corrected chi connectivity index (χ1v) is 7.75. The number of benzene rings is 2. The van der Waals surface area contributed by atoms with Gasteiger partial charge in [0.15, 0.2) is 6.61 Å². The van der Waals surface area contributed by atoms with Gasteiger partial charge in [-0.15, -0.1) is 10.2 Å². The van der Waals surface area contributed by atoms with Gasteiger partial charge in [0, 0.05) is 17.2 Å². The summed E-state index contributed by atoms with van der Waals surface area (Å²) >= 11 is 0. The number of hydrogen-bond donors (Lipinski definition) is 0. The molecule has 2 aromatic carbocycles. The molecule has 0 unspecified atom stereocenters. The summed E-state index contributed by atoms with van der Waals surface area (Å²) in [6.45, 7) is 3.32. The number of aromatic nitrogens is 2. The van der Waals surface area contributed by atoms with E-state index in [0.717, 1.165) is 11.1 Å². The molecular formula is C18H15N3O5. The monoisotopic (exact) mass is 353 g/mol. The van der Waals surface area contributed by atoms with E-state index in [9.17, 15) is 14.9 Å². The molecule has 3 aromatic rings. The second kappa shape index (κ2) is 7.14. The molecular weight excluding hydrogens is 338 g/mol. The van der Waals surface area contributed by atoms with E-state index in [1.165, 1.54) is 18.2 Å². The number of esters is 1. The molecule has 0 saturated heterocycles. The van der Waals surface area contributed by atoms with Crippen molar-refractivity contribution in [2.24, 2.45) is 0 Å². The highest BCUT2D eigenvalue weighted by Gasteiger charge is 2.16. The standard InChI is InChI=1S/C18H15N3O5/c1-11-4-3-5-13(8-11)17-20-19-16(26-17)10-25-18(22)14-6-7-15(21(23)24)12(2)9-14/h3-9H,10H2,1-2H3. The van der Waals surface area contributed by atoms with Crippen LogP contribution in [0.5, 0.6) is 0 Å². The fourth-order valence-corrected chi connectivity index (χ4v) is 2.40. The van der Waals surface area contributed by atoms with Crippen molar-refractivity contribution in [2.45, 2.75) is 20.5 Å². The Morgan fingerprint density at radius 1 is 1.19 bits per heavy atom. The lowest BCUT2D eigenvalue weighted by molar-refractivity contribution is -0.385. The zero-order valence-electron chi connectivity index (χ0n) is 14.1. The van der Waals surface area contributed by atoms with Gasteiger partial charge in [0.25, 0.3) is 11.6 Å². The summed E-state index contributed by atoms with van der Waals surface area (Å²) in [6.07, 6.45) is 0. The maximum absolute atomic E-state index is 12.1. The minimum atomic E-state index is -0.627. The van der Waals surface area contributed by atoms with E-state index in [2.05, 4.69) is 10.2 Å². The van der Waals surface area contributed by atoms with Crippen molar-refractivity contribution < 1.29 is 18.9 Å². The van der Waals surface area contributed by atoms with Gasteiger partial charge in [-0.05, 0) is 38.1 Å². The van der Waals surface area contributed by atoms with Crippen LogP contribution in [0.3, 0.4) is 0 Å². The van der Waals surface area contributed by atoms with Crippen molar-refractivity contribution in [3.05, 3.63) is 75.2 Å². The molecule has 0 atom stereocenters. The Balaban J connectivity index is 1.67. The molecule has 0 bridgehead atoms. The summed E-state index contributed by atoms with van der Waals surface area (Å²) in [6, 6.07) is 11.6. The van der Waals surface area contributed by atoms with Crippen molar-refractivity contribution in [2.75, 3.05) is 0 Å². The molecule has 0 aliphatic rings. The van der Waals surface area contributed by atoms with E-state index >= 15 is 0 Å². The Labute approximate surface area is 148 Å². The highest BCUT2D eigenvalue weighted by molar-refractivity contribution is 5.90. The first kappa shape index (κ1) is 17.3. The predicted octanol–water partition coefficient (Wildman–Crippen LogP) is 3.62. The van der Waals surface area contributed by atoms with Crippen molar-refractivity contribution in [3.8, 4) is 11.5 Å². The molecule has 0 saturated carbocycles.